The van der Waals surface area contributed by atoms with Crippen molar-refractivity contribution in [2.75, 3.05) is 0 Å². The summed E-state index contributed by atoms with van der Waals surface area (Å²) in [5.41, 5.74) is 1.13. The van der Waals surface area contributed by atoms with Crippen LogP contribution in [0.5, 0.6) is 0 Å². The van der Waals surface area contributed by atoms with E-state index >= 15 is 0 Å². The second kappa shape index (κ2) is 5.63. The summed E-state index contributed by atoms with van der Waals surface area (Å²) < 4.78 is 0. The first kappa shape index (κ1) is 9.86. The van der Waals surface area contributed by atoms with E-state index in [4.69, 9.17) is 5.26 Å². The van der Waals surface area contributed by atoms with Gasteiger partial charge in [-0.1, -0.05) is 6.58 Å². The third kappa shape index (κ3) is 5.31. The van der Waals surface area contributed by atoms with Gasteiger partial charge in [0.1, 0.15) is 0 Å². The molecule has 1 rings (SSSR count). The molecule has 0 saturated carbocycles. The normalized spacial score (nSPS) is 7.36. The monoisotopic (exact) mass is 166 g/mol. The minimum absolute atomic E-state index is 1.13. The van der Waals surface area contributed by atoms with Gasteiger partial charge in [0.25, 0.3) is 0 Å². The Kier molecular flexibility index (Phi) is 5.05. The highest BCUT2D eigenvalue weighted by atomic mass is 32.1. The van der Waals surface area contributed by atoms with Crippen molar-refractivity contribution < 1.29 is 0 Å². The van der Waals surface area contributed by atoms with Gasteiger partial charge in [0, 0.05) is 17.2 Å². The summed E-state index contributed by atoms with van der Waals surface area (Å²) in [7, 11) is 0. The van der Waals surface area contributed by atoms with E-state index in [-0.39, 0.29) is 0 Å². The minimum atomic E-state index is 1.13. The Morgan fingerprint density at radius 3 is 2.36 bits per heavy atom. The molecule has 0 radical (unpaired) electrons. The van der Waals surface area contributed by atoms with Gasteiger partial charge in [0.05, 0.1) is 11.1 Å². The van der Waals surface area contributed by atoms with Crippen LogP contribution in [0.15, 0.2) is 18.0 Å². The van der Waals surface area contributed by atoms with Gasteiger partial charge in [-0.15, -0.1) is 11.3 Å². The van der Waals surface area contributed by atoms with Gasteiger partial charge in [0.2, 0.25) is 0 Å². The Morgan fingerprint density at radius 2 is 2.27 bits per heavy atom. The minimum Gasteiger partial charge on any atom is -0.247 e. The maximum atomic E-state index is 7.51. The predicted molar refractivity (Wildman–Crippen MR) is 47.4 cm³/mol. The molecule has 0 bridgehead atoms. The summed E-state index contributed by atoms with van der Waals surface area (Å²) in [6, 6.07) is 1.69. The van der Waals surface area contributed by atoms with Crippen LogP contribution in [0.4, 0.5) is 0 Å². The lowest BCUT2D eigenvalue weighted by Crippen LogP contribution is -1.67. The van der Waals surface area contributed by atoms with E-state index in [1.807, 2.05) is 13.8 Å². The largest absolute Gasteiger partial charge is 0.247 e. The Balaban J connectivity index is 0.000000218. The van der Waals surface area contributed by atoms with Crippen molar-refractivity contribution >= 4 is 11.3 Å². The summed E-state index contributed by atoms with van der Waals surface area (Å²) in [6.07, 6.45) is 1.18. The van der Waals surface area contributed by atoms with Gasteiger partial charge >= 0.3 is 0 Å². The lowest BCUT2D eigenvalue weighted by atomic mass is 10.6. The van der Waals surface area contributed by atoms with Gasteiger partial charge < -0.3 is 0 Å². The van der Waals surface area contributed by atoms with Gasteiger partial charge in [-0.25, -0.2) is 4.98 Å². The van der Waals surface area contributed by atoms with Crippen molar-refractivity contribution in [3.05, 3.63) is 28.7 Å². The van der Waals surface area contributed by atoms with Crippen LogP contribution in [0.1, 0.15) is 10.7 Å². The fraction of sp³-hybridized carbons (Fsp3) is 0.250. The van der Waals surface area contributed by atoms with Crippen LogP contribution < -0.4 is 0 Å². The lowest BCUT2D eigenvalue weighted by molar-refractivity contribution is 1.20. The molecule has 1 heterocycles. The summed E-state index contributed by atoms with van der Waals surface area (Å²) in [5, 5.41) is 10.7. The van der Waals surface area contributed by atoms with Crippen LogP contribution in [0.3, 0.4) is 0 Å². The van der Waals surface area contributed by atoms with E-state index in [0.717, 1.165) is 10.7 Å². The summed E-state index contributed by atoms with van der Waals surface area (Å²) in [6.45, 7) is 7.13. The standard InChI is InChI=1S/C5H7NS.C3H3N/c1-4-3-7-5(2)6-4;1-2-3-4/h3H,1-2H3;2H,1H2. The van der Waals surface area contributed by atoms with E-state index in [9.17, 15) is 0 Å². The first-order chi connectivity index (χ1) is 5.20. The highest BCUT2D eigenvalue weighted by molar-refractivity contribution is 7.09. The van der Waals surface area contributed by atoms with E-state index in [2.05, 4.69) is 16.9 Å². The summed E-state index contributed by atoms with van der Waals surface area (Å²) >= 11 is 1.69. The molecule has 0 atom stereocenters. The molecule has 0 unspecified atom stereocenters. The van der Waals surface area contributed by atoms with Crippen molar-refractivity contribution in [3.8, 4) is 6.07 Å². The highest BCUT2D eigenvalue weighted by Gasteiger charge is 1.85. The maximum absolute atomic E-state index is 7.51. The molecule has 0 N–H and O–H groups in total. The Hall–Kier alpha value is -1.14. The number of aryl methyl sites for hydroxylation is 2. The van der Waals surface area contributed by atoms with E-state index in [0.29, 0.717) is 0 Å². The third-order valence-electron chi connectivity index (χ3n) is 0.825. The Bertz CT molecular complexity index is 241. The molecule has 0 aliphatic heterocycles. The van der Waals surface area contributed by atoms with Crippen molar-refractivity contribution in [1.29, 1.82) is 5.26 Å². The fourth-order valence-corrected chi connectivity index (χ4v) is 1.06. The molecule has 0 amide bonds. The summed E-state index contributed by atoms with van der Waals surface area (Å²) in [5.74, 6) is 0. The van der Waals surface area contributed by atoms with Crippen LogP contribution in [-0.4, -0.2) is 4.98 Å². The number of allylic oxidation sites excluding steroid dienone is 1. The topological polar surface area (TPSA) is 36.7 Å². The molecule has 2 nitrogen and oxygen atoms in total. The second-order valence-corrected chi connectivity index (χ2v) is 2.90. The van der Waals surface area contributed by atoms with Crippen LogP contribution in [0.2, 0.25) is 0 Å². The van der Waals surface area contributed by atoms with Gasteiger partial charge in [-0.2, -0.15) is 5.26 Å². The van der Waals surface area contributed by atoms with Crippen LogP contribution >= 0.6 is 11.3 Å². The maximum Gasteiger partial charge on any atom is 0.0905 e. The van der Waals surface area contributed by atoms with Crippen LogP contribution in [0.25, 0.3) is 0 Å². The van der Waals surface area contributed by atoms with E-state index in [1.165, 1.54) is 6.08 Å². The molecule has 11 heavy (non-hydrogen) atoms. The Morgan fingerprint density at radius 1 is 1.73 bits per heavy atom. The number of aromatic nitrogens is 1. The molecule has 1 aromatic heterocycles. The zero-order valence-corrected chi connectivity index (χ0v) is 7.48. The Labute approximate surface area is 70.8 Å². The third-order valence-corrected chi connectivity index (χ3v) is 1.72. The smallest absolute Gasteiger partial charge is 0.0905 e. The van der Waals surface area contributed by atoms with E-state index in [1.54, 1.807) is 17.4 Å². The molecule has 1 aromatic rings. The lowest BCUT2D eigenvalue weighted by Gasteiger charge is -1.71. The number of rotatable bonds is 0. The molecule has 0 aromatic carbocycles. The van der Waals surface area contributed by atoms with E-state index < -0.39 is 0 Å². The second-order valence-electron chi connectivity index (χ2n) is 1.84. The van der Waals surface area contributed by atoms with Crippen LogP contribution in [-0.2, 0) is 0 Å². The number of hydrogen-bond acceptors (Lipinski definition) is 3. The quantitative estimate of drug-likeness (QED) is 0.555. The number of hydrogen-bond donors (Lipinski definition) is 0. The zero-order chi connectivity index (χ0) is 8.69. The first-order valence-corrected chi connectivity index (χ1v) is 3.98. The number of nitrogens with zero attached hydrogens (tertiary/aromatic N) is 2. The van der Waals surface area contributed by atoms with Gasteiger partial charge in [-0.3, -0.25) is 0 Å². The van der Waals surface area contributed by atoms with Crippen molar-refractivity contribution in [3.63, 3.8) is 0 Å². The van der Waals surface area contributed by atoms with Crippen molar-refractivity contribution in [2.45, 2.75) is 13.8 Å². The van der Waals surface area contributed by atoms with Crippen molar-refractivity contribution in [2.24, 2.45) is 0 Å². The molecule has 58 valence electrons. The highest BCUT2D eigenvalue weighted by Crippen LogP contribution is 2.04. The SMILES string of the molecule is C=CC#N.Cc1csc(C)n1. The zero-order valence-electron chi connectivity index (χ0n) is 6.66. The predicted octanol–water partition coefficient (Wildman–Crippen LogP) is 2.46. The molecule has 3 heteroatoms. The fourth-order valence-electron chi connectivity index (χ4n) is 0.472. The molecular formula is C8H10N2S. The molecule has 0 saturated heterocycles. The van der Waals surface area contributed by atoms with Crippen LogP contribution in [0, 0.1) is 25.2 Å². The van der Waals surface area contributed by atoms with Crippen molar-refractivity contribution in [1.82, 2.24) is 4.98 Å². The van der Waals surface area contributed by atoms with Gasteiger partial charge in [0.15, 0.2) is 0 Å². The summed E-state index contributed by atoms with van der Waals surface area (Å²) in [4.78, 5) is 4.13. The first-order valence-electron chi connectivity index (χ1n) is 3.10. The molecule has 0 fully saturated rings. The molecule has 0 aliphatic carbocycles. The average molecular weight is 166 g/mol. The average Bonchev–Trinajstić information content (AvgIpc) is 2.35. The van der Waals surface area contributed by atoms with Gasteiger partial charge in [-0.05, 0) is 13.8 Å². The number of thiazole rings is 1. The molecular weight excluding hydrogens is 156 g/mol. The molecule has 0 spiro atoms. The molecule has 0 aliphatic rings. The number of nitriles is 1.